The second-order valence-electron chi connectivity index (χ2n) is 7.08. The van der Waals surface area contributed by atoms with Gasteiger partial charge < -0.3 is 25.2 Å². The molecule has 2 atom stereocenters. The number of benzene rings is 1. The van der Waals surface area contributed by atoms with Gasteiger partial charge in [0.1, 0.15) is 12.6 Å². The Balaban J connectivity index is 1.86. The summed E-state index contributed by atoms with van der Waals surface area (Å²) in [6, 6.07) is 8.83. The molecule has 1 aromatic rings. The lowest BCUT2D eigenvalue weighted by atomic mass is 10.1. The maximum Gasteiger partial charge on any atom is 0.328 e. The third-order valence-corrected chi connectivity index (χ3v) is 4.62. The van der Waals surface area contributed by atoms with Gasteiger partial charge in [-0.25, -0.2) is 0 Å². The molecule has 0 aliphatic carbocycles. The Morgan fingerprint density at radius 3 is 2.48 bits per heavy atom. The van der Waals surface area contributed by atoms with Gasteiger partial charge in [0, 0.05) is 6.42 Å². The number of ether oxygens (including phenoxy) is 2. The van der Waals surface area contributed by atoms with Crippen LogP contribution in [-0.2, 0) is 39.9 Å². The molecule has 31 heavy (non-hydrogen) atoms. The number of carbonyl (C=O) groups excluding carboxylic acids is 3. The topological polar surface area (TPSA) is 145 Å². The largest absolute Gasteiger partial charge is 0.481 e. The van der Waals surface area contributed by atoms with Crippen LogP contribution < -0.4 is 5.73 Å². The van der Waals surface area contributed by atoms with Crippen LogP contribution >= 0.6 is 0 Å². The number of aliphatic carboxylic acids is 1. The van der Waals surface area contributed by atoms with Crippen molar-refractivity contribution in [3.8, 4) is 0 Å². The van der Waals surface area contributed by atoms with Crippen LogP contribution in [0, 0.1) is 0 Å². The number of aryl methyl sites for hydroxylation is 1. The molecule has 10 nitrogen and oxygen atoms in total. The molecule has 0 aromatic heterocycles. The zero-order valence-corrected chi connectivity index (χ0v) is 17.2. The van der Waals surface area contributed by atoms with Gasteiger partial charge in [-0.15, -0.1) is 0 Å². The predicted molar refractivity (Wildman–Crippen MR) is 107 cm³/mol. The Hall–Kier alpha value is -2.98. The molecule has 3 N–H and O–H groups in total. The first-order valence-electron chi connectivity index (χ1n) is 10.2. The second kappa shape index (κ2) is 12.7. The number of hydroxylamine groups is 2. The van der Waals surface area contributed by atoms with Crippen molar-refractivity contribution in [2.45, 2.75) is 57.2 Å². The van der Waals surface area contributed by atoms with Crippen molar-refractivity contribution in [2.24, 2.45) is 5.73 Å². The predicted octanol–water partition coefficient (Wildman–Crippen LogP) is 1.17. The number of rotatable bonds is 13. The SMILES string of the molecule is NCCCC1C(=O)OC(COC(=O)CCCc2ccccc2)N1OC(=O)CCC(=O)O. The smallest absolute Gasteiger partial charge is 0.328 e. The van der Waals surface area contributed by atoms with Crippen molar-refractivity contribution < 1.29 is 38.6 Å². The first-order chi connectivity index (χ1) is 14.9. The Morgan fingerprint density at radius 2 is 1.81 bits per heavy atom. The molecular weight excluding hydrogens is 408 g/mol. The molecule has 0 spiro atoms. The normalized spacial score (nSPS) is 18.4. The highest BCUT2D eigenvalue weighted by atomic mass is 16.8. The van der Waals surface area contributed by atoms with Crippen LogP contribution in [0.5, 0.6) is 0 Å². The van der Waals surface area contributed by atoms with E-state index in [0.29, 0.717) is 19.4 Å². The number of hydrogen-bond acceptors (Lipinski definition) is 9. The standard InChI is InChI=1S/C21H28N2O8/c22-13-5-9-16-21(28)30-17(23(16)31-20(27)12-11-18(24)25)14-29-19(26)10-4-8-15-6-2-1-3-7-15/h1-3,6-7,16-17H,4-5,8-14,22H2,(H,24,25). The molecule has 170 valence electrons. The van der Waals surface area contributed by atoms with Crippen LogP contribution in [0.2, 0.25) is 0 Å². The average molecular weight is 436 g/mol. The van der Waals surface area contributed by atoms with E-state index in [1.165, 1.54) is 0 Å². The van der Waals surface area contributed by atoms with Gasteiger partial charge in [0.2, 0.25) is 6.23 Å². The molecule has 10 heteroatoms. The Bertz CT molecular complexity index is 755. The lowest BCUT2D eigenvalue weighted by molar-refractivity contribution is -0.228. The van der Waals surface area contributed by atoms with Crippen molar-refractivity contribution in [3.05, 3.63) is 35.9 Å². The van der Waals surface area contributed by atoms with Crippen molar-refractivity contribution in [1.82, 2.24) is 5.06 Å². The van der Waals surface area contributed by atoms with E-state index in [1.54, 1.807) is 0 Å². The molecule has 1 aromatic carbocycles. The number of carboxylic acids is 1. The van der Waals surface area contributed by atoms with Gasteiger partial charge >= 0.3 is 23.9 Å². The maximum absolute atomic E-state index is 12.2. The summed E-state index contributed by atoms with van der Waals surface area (Å²) in [4.78, 5) is 52.0. The van der Waals surface area contributed by atoms with E-state index in [0.717, 1.165) is 17.0 Å². The fourth-order valence-corrected chi connectivity index (χ4v) is 3.05. The number of nitrogens with two attached hydrogens (primary N) is 1. The Labute approximate surface area is 180 Å². The number of hydrogen-bond donors (Lipinski definition) is 2. The van der Waals surface area contributed by atoms with Gasteiger partial charge in [0.25, 0.3) is 0 Å². The van der Waals surface area contributed by atoms with Crippen molar-refractivity contribution in [3.63, 3.8) is 0 Å². The number of carbonyl (C=O) groups is 4. The van der Waals surface area contributed by atoms with Crippen LogP contribution in [-0.4, -0.2) is 59.5 Å². The lowest BCUT2D eigenvalue weighted by Crippen LogP contribution is -2.42. The Kier molecular flexibility index (Phi) is 9.92. The summed E-state index contributed by atoms with van der Waals surface area (Å²) in [5.41, 5.74) is 6.60. The van der Waals surface area contributed by atoms with E-state index >= 15 is 0 Å². The van der Waals surface area contributed by atoms with Gasteiger partial charge in [0.05, 0.1) is 12.8 Å². The lowest BCUT2D eigenvalue weighted by Gasteiger charge is -2.24. The minimum absolute atomic E-state index is 0.185. The number of esters is 2. The summed E-state index contributed by atoms with van der Waals surface area (Å²) in [6.45, 7) is 0.0207. The van der Waals surface area contributed by atoms with Gasteiger partial charge in [-0.2, -0.15) is 0 Å². The monoisotopic (exact) mass is 436 g/mol. The van der Waals surface area contributed by atoms with E-state index in [9.17, 15) is 19.2 Å². The highest BCUT2D eigenvalue weighted by Crippen LogP contribution is 2.23. The zero-order chi connectivity index (χ0) is 22.6. The third kappa shape index (κ3) is 8.35. The van der Waals surface area contributed by atoms with E-state index in [-0.39, 0.29) is 25.9 Å². The molecule has 1 saturated heterocycles. The molecular formula is C21H28N2O8. The quantitative estimate of drug-likeness (QED) is 0.432. The molecule has 1 heterocycles. The highest BCUT2D eigenvalue weighted by molar-refractivity contribution is 5.79. The van der Waals surface area contributed by atoms with E-state index < -0.39 is 42.6 Å². The summed E-state index contributed by atoms with van der Waals surface area (Å²) in [7, 11) is 0. The van der Waals surface area contributed by atoms with Crippen molar-refractivity contribution in [1.29, 1.82) is 0 Å². The van der Waals surface area contributed by atoms with Crippen LogP contribution in [0.1, 0.15) is 44.1 Å². The van der Waals surface area contributed by atoms with E-state index in [4.69, 9.17) is 25.2 Å². The molecule has 1 aliphatic rings. The molecule has 0 bridgehead atoms. The van der Waals surface area contributed by atoms with Gasteiger partial charge in [0.15, 0.2) is 0 Å². The van der Waals surface area contributed by atoms with Crippen LogP contribution in [0.25, 0.3) is 0 Å². The fourth-order valence-electron chi connectivity index (χ4n) is 3.05. The zero-order valence-electron chi connectivity index (χ0n) is 17.2. The minimum atomic E-state index is -1.15. The molecule has 2 rings (SSSR count). The summed E-state index contributed by atoms with van der Waals surface area (Å²) in [5, 5.41) is 9.74. The molecule has 2 unspecified atom stereocenters. The van der Waals surface area contributed by atoms with Gasteiger partial charge in [-0.1, -0.05) is 35.4 Å². The fraction of sp³-hybridized carbons (Fsp3) is 0.524. The summed E-state index contributed by atoms with van der Waals surface area (Å²) in [5.74, 6) is -3.05. The second-order valence-corrected chi connectivity index (χ2v) is 7.08. The highest BCUT2D eigenvalue weighted by Gasteiger charge is 2.45. The number of nitrogens with zero attached hydrogens (tertiary/aromatic N) is 1. The van der Waals surface area contributed by atoms with Crippen molar-refractivity contribution in [2.75, 3.05) is 13.2 Å². The third-order valence-electron chi connectivity index (χ3n) is 4.62. The van der Waals surface area contributed by atoms with Crippen LogP contribution in [0.15, 0.2) is 30.3 Å². The molecule has 0 radical (unpaired) electrons. The number of carboxylic acid groups (broad SMARTS) is 1. The summed E-state index contributed by atoms with van der Waals surface area (Å²) < 4.78 is 10.4. The molecule has 0 amide bonds. The van der Waals surface area contributed by atoms with Gasteiger partial charge in [-0.3, -0.25) is 19.2 Å². The van der Waals surface area contributed by atoms with Gasteiger partial charge in [-0.05, 0) is 37.8 Å². The van der Waals surface area contributed by atoms with Crippen LogP contribution in [0.3, 0.4) is 0 Å². The molecule has 1 fully saturated rings. The van der Waals surface area contributed by atoms with E-state index in [1.807, 2.05) is 30.3 Å². The Morgan fingerprint density at radius 1 is 1.06 bits per heavy atom. The molecule has 1 aliphatic heterocycles. The van der Waals surface area contributed by atoms with E-state index in [2.05, 4.69) is 0 Å². The average Bonchev–Trinajstić information content (AvgIpc) is 3.04. The van der Waals surface area contributed by atoms with Crippen LogP contribution in [0.4, 0.5) is 0 Å². The maximum atomic E-state index is 12.2. The minimum Gasteiger partial charge on any atom is -0.481 e. The van der Waals surface area contributed by atoms with Crippen molar-refractivity contribution >= 4 is 23.9 Å². The first kappa shape index (κ1) is 24.3. The first-order valence-corrected chi connectivity index (χ1v) is 10.2. The summed E-state index contributed by atoms with van der Waals surface area (Å²) >= 11 is 0. The molecule has 0 saturated carbocycles. The summed E-state index contributed by atoms with van der Waals surface area (Å²) in [6.07, 6.45) is 0.402. The number of cyclic esters (lactones) is 1.